The molecule has 62 valence electrons. The first-order chi connectivity index (χ1) is 5.81. The van der Waals surface area contributed by atoms with Gasteiger partial charge in [0.1, 0.15) is 5.75 Å². The van der Waals surface area contributed by atoms with E-state index in [0.717, 1.165) is 5.75 Å². The Morgan fingerprint density at radius 1 is 1.33 bits per heavy atom. The summed E-state index contributed by atoms with van der Waals surface area (Å²) in [5, 5.41) is 1.27. The van der Waals surface area contributed by atoms with Gasteiger partial charge < -0.3 is 4.74 Å². The zero-order chi connectivity index (χ0) is 8.55. The van der Waals surface area contributed by atoms with Crippen molar-refractivity contribution in [3.8, 4) is 5.75 Å². The lowest BCUT2D eigenvalue weighted by Gasteiger charge is -1.98. The van der Waals surface area contributed by atoms with E-state index in [1.807, 2.05) is 12.1 Å². The molecule has 0 saturated carbocycles. The molecule has 0 atom stereocenters. The maximum absolute atomic E-state index is 5.25. The van der Waals surface area contributed by atoms with Gasteiger partial charge in [0.2, 0.25) is 0 Å². The van der Waals surface area contributed by atoms with E-state index in [2.05, 4.69) is 19.1 Å². The Kier molecular flexibility index (Phi) is 1.77. The summed E-state index contributed by atoms with van der Waals surface area (Å²) in [6, 6.07) is 8.31. The van der Waals surface area contributed by atoms with Gasteiger partial charge in [0.15, 0.2) is 0 Å². The molecule has 0 aliphatic heterocycles. The van der Waals surface area contributed by atoms with E-state index < -0.39 is 0 Å². The normalized spacial score (nSPS) is 10.5. The summed E-state index contributed by atoms with van der Waals surface area (Å²) >= 11 is 1.78. The van der Waals surface area contributed by atoms with E-state index in [1.54, 1.807) is 18.4 Å². The molecule has 0 unspecified atom stereocenters. The molecule has 0 N–H and O–H groups in total. The Balaban J connectivity index is 2.78. The molecule has 2 rings (SSSR count). The van der Waals surface area contributed by atoms with Gasteiger partial charge in [-0.25, -0.2) is 0 Å². The minimum Gasteiger partial charge on any atom is -0.495 e. The van der Waals surface area contributed by atoms with Crippen molar-refractivity contribution in [1.82, 2.24) is 0 Å². The monoisotopic (exact) mass is 178 g/mol. The van der Waals surface area contributed by atoms with Crippen molar-refractivity contribution in [2.24, 2.45) is 0 Å². The Morgan fingerprint density at radius 2 is 2.17 bits per heavy atom. The minimum atomic E-state index is 0.977. The van der Waals surface area contributed by atoms with Gasteiger partial charge in [0, 0.05) is 4.88 Å². The van der Waals surface area contributed by atoms with Gasteiger partial charge in [0.05, 0.1) is 11.8 Å². The van der Waals surface area contributed by atoms with E-state index in [1.165, 1.54) is 15.0 Å². The van der Waals surface area contributed by atoms with E-state index in [0.29, 0.717) is 0 Å². The van der Waals surface area contributed by atoms with Crippen LogP contribution >= 0.6 is 11.3 Å². The van der Waals surface area contributed by atoms with Crippen LogP contribution < -0.4 is 4.74 Å². The van der Waals surface area contributed by atoms with Gasteiger partial charge >= 0.3 is 0 Å². The highest BCUT2D eigenvalue weighted by atomic mass is 32.1. The molecule has 0 aliphatic rings. The summed E-state index contributed by atoms with van der Waals surface area (Å²) in [6.07, 6.45) is 0. The van der Waals surface area contributed by atoms with Gasteiger partial charge in [-0.2, -0.15) is 0 Å². The third kappa shape index (κ3) is 1.08. The second-order valence-electron chi connectivity index (χ2n) is 2.74. The maximum Gasteiger partial charge on any atom is 0.136 e. The summed E-state index contributed by atoms with van der Waals surface area (Å²) in [5.41, 5.74) is 0. The van der Waals surface area contributed by atoms with Crippen molar-refractivity contribution in [1.29, 1.82) is 0 Å². The zero-order valence-corrected chi connectivity index (χ0v) is 7.94. The molecule has 1 heterocycles. The van der Waals surface area contributed by atoms with E-state index >= 15 is 0 Å². The smallest absolute Gasteiger partial charge is 0.136 e. The zero-order valence-electron chi connectivity index (χ0n) is 7.13. The van der Waals surface area contributed by atoms with Crippen molar-refractivity contribution in [2.75, 3.05) is 7.11 Å². The molecule has 12 heavy (non-hydrogen) atoms. The number of benzene rings is 1. The highest BCUT2D eigenvalue weighted by molar-refractivity contribution is 7.19. The van der Waals surface area contributed by atoms with Crippen LogP contribution in [0.25, 0.3) is 10.1 Å². The molecule has 0 amide bonds. The fourth-order valence-corrected chi connectivity index (χ4v) is 2.33. The van der Waals surface area contributed by atoms with Crippen molar-refractivity contribution in [3.05, 3.63) is 29.1 Å². The fraction of sp³-hybridized carbons (Fsp3) is 0.200. The lowest BCUT2D eigenvalue weighted by Crippen LogP contribution is -1.80. The van der Waals surface area contributed by atoms with Crippen LogP contribution in [0.5, 0.6) is 5.75 Å². The number of methoxy groups -OCH3 is 1. The largest absolute Gasteiger partial charge is 0.495 e. The average molecular weight is 178 g/mol. The molecule has 0 aliphatic carbocycles. The van der Waals surface area contributed by atoms with Crippen LogP contribution in [0.3, 0.4) is 0 Å². The van der Waals surface area contributed by atoms with Gasteiger partial charge in [-0.15, -0.1) is 11.3 Å². The number of rotatable bonds is 1. The first-order valence-electron chi connectivity index (χ1n) is 3.84. The Hall–Kier alpha value is -1.02. The number of ether oxygens (including phenoxy) is 1. The van der Waals surface area contributed by atoms with E-state index in [9.17, 15) is 0 Å². The summed E-state index contributed by atoms with van der Waals surface area (Å²) in [7, 11) is 1.71. The lowest BCUT2D eigenvalue weighted by molar-refractivity contribution is 0.420. The molecular weight excluding hydrogens is 168 g/mol. The van der Waals surface area contributed by atoms with Crippen molar-refractivity contribution in [2.45, 2.75) is 6.92 Å². The Labute approximate surface area is 75.6 Å². The average Bonchev–Trinajstić information content (AvgIpc) is 2.44. The van der Waals surface area contributed by atoms with Crippen LogP contribution in [-0.4, -0.2) is 7.11 Å². The molecule has 0 fully saturated rings. The minimum absolute atomic E-state index is 0.977. The molecule has 1 aromatic carbocycles. The summed E-state index contributed by atoms with van der Waals surface area (Å²) < 4.78 is 6.50. The van der Waals surface area contributed by atoms with Crippen molar-refractivity contribution in [3.63, 3.8) is 0 Å². The molecule has 0 bridgehead atoms. The van der Waals surface area contributed by atoms with Crippen LogP contribution in [0.1, 0.15) is 4.88 Å². The van der Waals surface area contributed by atoms with Gasteiger partial charge in [-0.1, -0.05) is 12.1 Å². The SMILES string of the molecule is COc1cccc2cc(C)sc12. The number of hydrogen-bond donors (Lipinski definition) is 0. The number of thiophene rings is 1. The van der Waals surface area contributed by atoms with Gasteiger partial charge in [0.25, 0.3) is 0 Å². The van der Waals surface area contributed by atoms with Gasteiger partial charge in [-0.05, 0) is 24.4 Å². The highest BCUT2D eigenvalue weighted by Gasteiger charge is 2.02. The quantitative estimate of drug-likeness (QED) is 0.651. The number of aryl methyl sites for hydroxylation is 1. The molecule has 0 radical (unpaired) electrons. The second kappa shape index (κ2) is 2.79. The standard InChI is InChI=1S/C10H10OS/c1-7-6-8-4-3-5-9(11-2)10(8)12-7/h3-6H,1-2H3. The molecule has 0 saturated heterocycles. The fourth-order valence-electron chi connectivity index (χ4n) is 1.33. The van der Waals surface area contributed by atoms with Crippen LogP contribution in [0.2, 0.25) is 0 Å². The first kappa shape index (κ1) is 7.62. The molecular formula is C10H10OS. The summed E-state index contributed by atoms with van der Waals surface area (Å²) in [5.74, 6) is 0.977. The first-order valence-corrected chi connectivity index (χ1v) is 4.66. The second-order valence-corrected chi connectivity index (χ2v) is 3.99. The number of fused-ring (bicyclic) bond motifs is 1. The highest BCUT2D eigenvalue weighted by Crippen LogP contribution is 2.32. The van der Waals surface area contributed by atoms with Crippen LogP contribution in [-0.2, 0) is 0 Å². The van der Waals surface area contributed by atoms with Crippen LogP contribution in [0.15, 0.2) is 24.3 Å². The van der Waals surface area contributed by atoms with E-state index in [-0.39, 0.29) is 0 Å². The van der Waals surface area contributed by atoms with Crippen molar-refractivity contribution < 1.29 is 4.74 Å². The van der Waals surface area contributed by atoms with Gasteiger partial charge in [-0.3, -0.25) is 0 Å². The Morgan fingerprint density at radius 3 is 2.92 bits per heavy atom. The lowest BCUT2D eigenvalue weighted by atomic mass is 10.2. The topological polar surface area (TPSA) is 9.23 Å². The van der Waals surface area contributed by atoms with Crippen LogP contribution in [0, 0.1) is 6.92 Å². The predicted octanol–water partition coefficient (Wildman–Crippen LogP) is 3.22. The molecule has 1 aromatic heterocycles. The summed E-state index contributed by atoms with van der Waals surface area (Å²) in [4.78, 5) is 1.33. The van der Waals surface area contributed by atoms with Crippen molar-refractivity contribution >= 4 is 21.4 Å². The molecule has 2 heteroatoms. The third-order valence-electron chi connectivity index (χ3n) is 1.85. The molecule has 2 aromatic rings. The number of hydrogen-bond acceptors (Lipinski definition) is 2. The molecule has 1 nitrogen and oxygen atoms in total. The summed E-state index contributed by atoms with van der Waals surface area (Å²) in [6.45, 7) is 2.12. The molecule has 0 spiro atoms. The van der Waals surface area contributed by atoms with Crippen LogP contribution in [0.4, 0.5) is 0 Å². The predicted molar refractivity (Wildman–Crippen MR) is 53.1 cm³/mol. The maximum atomic E-state index is 5.25. The Bertz CT molecular complexity index is 403. The third-order valence-corrected chi connectivity index (χ3v) is 2.93. The van der Waals surface area contributed by atoms with E-state index in [4.69, 9.17) is 4.74 Å².